The van der Waals surface area contributed by atoms with E-state index in [9.17, 15) is 9.59 Å². The van der Waals surface area contributed by atoms with Gasteiger partial charge in [0.05, 0.1) is 11.1 Å². The van der Waals surface area contributed by atoms with Crippen molar-refractivity contribution in [2.75, 3.05) is 71.4 Å². The summed E-state index contributed by atoms with van der Waals surface area (Å²) in [5.41, 5.74) is 1.53. The van der Waals surface area contributed by atoms with Crippen LogP contribution < -0.4 is 15.5 Å². The molecule has 1 saturated heterocycles. The summed E-state index contributed by atoms with van der Waals surface area (Å²) in [6.07, 6.45) is 3.03. The maximum atomic E-state index is 13.3. The van der Waals surface area contributed by atoms with Crippen LogP contribution in [0.1, 0.15) is 36.0 Å². The summed E-state index contributed by atoms with van der Waals surface area (Å²) in [6.45, 7) is 7.08. The van der Waals surface area contributed by atoms with Gasteiger partial charge in [-0.1, -0.05) is 18.2 Å². The van der Waals surface area contributed by atoms with Crippen molar-refractivity contribution >= 4 is 28.7 Å². The fourth-order valence-electron chi connectivity index (χ4n) is 5.26. The van der Waals surface area contributed by atoms with Crippen LogP contribution in [-0.2, 0) is 0 Å². The Bertz CT molecular complexity index is 1030. The second kappa shape index (κ2) is 12.4. The first-order valence-electron chi connectivity index (χ1n) is 13.2. The SMILES string of the molecule is CN(C)CCN1CCN(c2cc(C(=O)NC[C@H]3CC[C@H](CNC(=O)O)CC3)c3ccccc3n2)CC1. The van der Waals surface area contributed by atoms with Gasteiger partial charge in [-0.05, 0) is 63.7 Å². The number of likely N-dealkylation sites (N-methyl/N-ethyl adjacent to an activating group) is 1. The lowest BCUT2D eigenvalue weighted by atomic mass is 9.82. The lowest BCUT2D eigenvalue weighted by Crippen LogP contribution is -2.48. The van der Waals surface area contributed by atoms with Crippen LogP contribution in [0.4, 0.5) is 10.6 Å². The normalized spacial score (nSPS) is 21.0. The average molecular weight is 497 g/mol. The van der Waals surface area contributed by atoms with Crippen LogP contribution in [-0.4, -0.2) is 98.3 Å². The summed E-state index contributed by atoms with van der Waals surface area (Å²) < 4.78 is 0. The third-order valence-electron chi connectivity index (χ3n) is 7.57. The minimum Gasteiger partial charge on any atom is -0.465 e. The number of hydrogen-bond donors (Lipinski definition) is 3. The highest BCUT2D eigenvalue weighted by molar-refractivity contribution is 6.07. The van der Waals surface area contributed by atoms with Crippen molar-refractivity contribution in [3.8, 4) is 0 Å². The number of anilines is 1. The Balaban J connectivity index is 1.37. The zero-order valence-corrected chi connectivity index (χ0v) is 21.6. The predicted molar refractivity (Wildman–Crippen MR) is 143 cm³/mol. The molecule has 0 spiro atoms. The first-order valence-corrected chi connectivity index (χ1v) is 13.2. The highest BCUT2D eigenvalue weighted by atomic mass is 16.4. The predicted octanol–water partition coefficient (Wildman–Crippen LogP) is 2.72. The quantitative estimate of drug-likeness (QED) is 0.491. The van der Waals surface area contributed by atoms with Crippen LogP contribution >= 0.6 is 0 Å². The van der Waals surface area contributed by atoms with Gasteiger partial charge in [-0.25, -0.2) is 9.78 Å². The highest BCUT2D eigenvalue weighted by Crippen LogP contribution is 2.28. The molecule has 9 nitrogen and oxygen atoms in total. The van der Waals surface area contributed by atoms with Crippen molar-refractivity contribution in [3.63, 3.8) is 0 Å². The van der Waals surface area contributed by atoms with Gasteiger partial charge < -0.3 is 25.5 Å². The number of para-hydroxylation sites is 1. The molecule has 0 atom stereocenters. The van der Waals surface area contributed by atoms with Crippen LogP contribution in [0, 0.1) is 11.8 Å². The molecule has 2 aromatic rings. The number of benzene rings is 1. The molecule has 1 aromatic carbocycles. The van der Waals surface area contributed by atoms with Crippen molar-refractivity contribution in [1.29, 1.82) is 0 Å². The molecular weight excluding hydrogens is 456 g/mol. The lowest BCUT2D eigenvalue weighted by Gasteiger charge is -2.36. The zero-order chi connectivity index (χ0) is 25.5. The number of rotatable bonds is 9. The second-order valence-electron chi connectivity index (χ2n) is 10.5. The van der Waals surface area contributed by atoms with Crippen molar-refractivity contribution in [2.45, 2.75) is 25.7 Å². The standard InChI is InChI=1S/C27H40N6O3/c1-31(2)11-12-32-13-15-33(16-14-32)25-17-23(22-5-3-4-6-24(22)30-25)26(34)28-18-20-7-9-21(10-8-20)19-29-27(35)36/h3-6,17,20-21,29H,7-16,18-19H2,1-2H3,(H,28,34)(H,35,36)/t20-,21-. The molecule has 2 heterocycles. The largest absolute Gasteiger partial charge is 0.465 e. The van der Waals surface area contributed by atoms with Crippen molar-refractivity contribution < 1.29 is 14.7 Å². The van der Waals surface area contributed by atoms with Gasteiger partial charge in [0.2, 0.25) is 0 Å². The van der Waals surface area contributed by atoms with Gasteiger partial charge in [0.15, 0.2) is 0 Å². The van der Waals surface area contributed by atoms with Gasteiger partial charge in [0, 0.05) is 57.7 Å². The molecule has 1 aromatic heterocycles. The van der Waals surface area contributed by atoms with E-state index >= 15 is 0 Å². The van der Waals surface area contributed by atoms with Crippen LogP contribution in [0.5, 0.6) is 0 Å². The molecule has 9 heteroatoms. The number of nitrogens with one attached hydrogen (secondary N) is 2. The third kappa shape index (κ3) is 7.07. The third-order valence-corrected chi connectivity index (χ3v) is 7.57. The molecule has 4 rings (SSSR count). The molecule has 3 N–H and O–H groups in total. The van der Waals surface area contributed by atoms with Crippen molar-refractivity contribution in [2.24, 2.45) is 11.8 Å². The number of aromatic nitrogens is 1. The Morgan fingerprint density at radius 2 is 1.64 bits per heavy atom. The molecule has 0 bridgehead atoms. The van der Waals surface area contributed by atoms with Gasteiger partial charge in [-0.3, -0.25) is 9.69 Å². The second-order valence-corrected chi connectivity index (χ2v) is 10.5. The summed E-state index contributed by atoms with van der Waals surface area (Å²) in [6, 6.07) is 9.84. The van der Waals surface area contributed by atoms with Crippen molar-refractivity contribution in [3.05, 3.63) is 35.9 Å². The smallest absolute Gasteiger partial charge is 0.404 e. The molecule has 196 valence electrons. The highest BCUT2D eigenvalue weighted by Gasteiger charge is 2.24. The fraction of sp³-hybridized carbons (Fsp3) is 0.593. The molecule has 1 saturated carbocycles. The molecule has 2 amide bonds. The number of hydrogen-bond acceptors (Lipinski definition) is 6. The number of carbonyl (C=O) groups is 2. The minimum atomic E-state index is -0.959. The summed E-state index contributed by atoms with van der Waals surface area (Å²) in [7, 11) is 4.21. The number of piperazine rings is 1. The maximum absolute atomic E-state index is 13.3. The monoisotopic (exact) mass is 496 g/mol. The van der Waals surface area contributed by atoms with E-state index in [0.717, 1.165) is 81.7 Å². The number of nitrogens with zero attached hydrogens (tertiary/aromatic N) is 4. The molecule has 0 radical (unpaired) electrons. The van der Waals surface area contributed by atoms with Gasteiger partial charge >= 0.3 is 6.09 Å². The molecule has 1 aliphatic carbocycles. The maximum Gasteiger partial charge on any atom is 0.404 e. The van der Waals surface area contributed by atoms with Crippen LogP contribution in [0.2, 0.25) is 0 Å². The van der Waals surface area contributed by atoms with Gasteiger partial charge in [0.1, 0.15) is 5.82 Å². The molecule has 2 fully saturated rings. The Labute approximate surface area is 213 Å². The van der Waals surface area contributed by atoms with E-state index < -0.39 is 6.09 Å². The Hall–Kier alpha value is -2.91. The number of pyridine rings is 1. The first kappa shape index (κ1) is 26.2. The number of fused-ring (bicyclic) bond motifs is 1. The van der Waals surface area contributed by atoms with Crippen LogP contribution in [0.15, 0.2) is 30.3 Å². The van der Waals surface area contributed by atoms with E-state index in [0.29, 0.717) is 30.5 Å². The Kier molecular flexibility index (Phi) is 8.98. The average Bonchev–Trinajstić information content (AvgIpc) is 2.89. The van der Waals surface area contributed by atoms with Gasteiger partial charge in [-0.2, -0.15) is 0 Å². The van der Waals surface area contributed by atoms with E-state index in [4.69, 9.17) is 10.1 Å². The lowest BCUT2D eigenvalue weighted by molar-refractivity contribution is 0.0942. The first-order chi connectivity index (χ1) is 17.4. The topological polar surface area (TPSA) is 101 Å². The van der Waals surface area contributed by atoms with Gasteiger partial charge in [-0.15, -0.1) is 0 Å². The number of carbonyl (C=O) groups excluding carboxylic acids is 1. The summed E-state index contributed by atoms with van der Waals surface area (Å²) in [5, 5.41) is 15.4. The zero-order valence-electron chi connectivity index (χ0n) is 21.6. The molecule has 0 unspecified atom stereocenters. The molecule has 2 aliphatic rings. The summed E-state index contributed by atoms with van der Waals surface area (Å²) in [4.78, 5) is 36.0. The van der Waals surface area contributed by atoms with E-state index in [-0.39, 0.29) is 5.91 Å². The van der Waals surface area contributed by atoms with E-state index in [1.54, 1.807) is 0 Å². The van der Waals surface area contributed by atoms with Crippen molar-refractivity contribution in [1.82, 2.24) is 25.4 Å². The summed E-state index contributed by atoms with van der Waals surface area (Å²) >= 11 is 0. The van der Waals surface area contributed by atoms with E-state index in [2.05, 4.69) is 39.4 Å². The number of carboxylic acid groups (broad SMARTS) is 1. The molecular formula is C27H40N6O3. The summed E-state index contributed by atoms with van der Waals surface area (Å²) in [5.74, 6) is 1.65. The Morgan fingerprint density at radius 1 is 1.00 bits per heavy atom. The fourth-order valence-corrected chi connectivity index (χ4v) is 5.26. The number of amides is 2. The van der Waals surface area contributed by atoms with Crippen LogP contribution in [0.3, 0.4) is 0 Å². The minimum absolute atomic E-state index is 0.0471. The molecule has 1 aliphatic heterocycles. The Morgan fingerprint density at radius 3 is 2.28 bits per heavy atom. The van der Waals surface area contributed by atoms with E-state index in [1.807, 2.05) is 30.3 Å². The van der Waals surface area contributed by atoms with E-state index in [1.165, 1.54) is 0 Å². The van der Waals surface area contributed by atoms with Crippen LogP contribution in [0.25, 0.3) is 10.9 Å². The van der Waals surface area contributed by atoms with Gasteiger partial charge in [0.25, 0.3) is 5.91 Å². The molecule has 36 heavy (non-hydrogen) atoms.